The maximum absolute atomic E-state index is 13.4. The van der Waals surface area contributed by atoms with Gasteiger partial charge < -0.3 is 25.4 Å². The number of benzene rings is 3. The van der Waals surface area contributed by atoms with Crippen molar-refractivity contribution in [1.82, 2.24) is 9.21 Å². The zero-order chi connectivity index (χ0) is 31.3. The van der Waals surface area contributed by atoms with Gasteiger partial charge in [-0.1, -0.05) is 6.92 Å². The lowest BCUT2D eigenvalue weighted by Crippen LogP contribution is -2.48. The van der Waals surface area contributed by atoms with Crippen LogP contribution < -0.4 is 15.4 Å². The molecule has 43 heavy (non-hydrogen) atoms. The Labute approximate surface area is 249 Å². The number of amides is 3. The van der Waals surface area contributed by atoms with Crippen LogP contribution in [-0.2, 0) is 21.2 Å². The SMILES string of the molecule is C[C@@H]1CN([C@H](C)CO)C(=O)Cc2cc(NC(=O)Nc3ccc(F)cc3)ccc2O[C@H]1CN(C)S(=O)(=O)c1ccc(F)cc1. The lowest BCUT2D eigenvalue weighted by Gasteiger charge is -2.33. The van der Waals surface area contributed by atoms with E-state index in [1.165, 1.54) is 48.3 Å². The van der Waals surface area contributed by atoms with Crippen molar-refractivity contribution < 1.29 is 36.6 Å². The van der Waals surface area contributed by atoms with Gasteiger partial charge in [0.15, 0.2) is 0 Å². The first kappa shape index (κ1) is 31.9. The first-order valence-corrected chi connectivity index (χ1v) is 15.1. The number of fused-ring (bicyclic) bond motifs is 1. The molecule has 0 spiro atoms. The number of sulfonamides is 1. The summed E-state index contributed by atoms with van der Waals surface area (Å²) in [6.07, 6.45) is -0.823. The molecule has 3 atom stereocenters. The minimum Gasteiger partial charge on any atom is -0.488 e. The molecule has 0 unspecified atom stereocenters. The third kappa shape index (κ3) is 7.86. The summed E-state index contributed by atoms with van der Waals surface area (Å²) in [5.41, 5.74) is 1.18. The van der Waals surface area contributed by atoms with Crippen molar-refractivity contribution in [2.45, 2.75) is 37.3 Å². The molecule has 10 nitrogen and oxygen atoms in total. The van der Waals surface area contributed by atoms with Crippen molar-refractivity contribution in [2.75, 3.05) is 37.4 Å². The highest BCUT2D eigenvalue weighted by Gasteiger charge is 2.33. The van der Waals surface area contributed by atoms with Gasteiger partial charge in [-0.25, -0.2) is 22.0 Å². The zero-order valence-electron chi connectivity index (χ0n) is 24.0. The number of anilines is 2. The maximum Gasteiger partial charge on any atom is 0.323 e. The highest BCUT2D eigenvalue weighted by atomic mass is 32.2. The highest BCUT2D eigenvalue weighted by molar-refractivity contribution is 7.89. The summed E-state index contributed by atoms with van der Waals surface area (Å²) in [5, 5.41) is 15.1. The summed E-state index contributed by atoms with van der Waals surface area (Å²) in [4.78, 5) is 27.5. The molecule has 230 valence electrons. The van der Waals surface area contributed by atoms with Crippen molar-refractivity contribution >= 4 is 33.3 Å². The van der Waals surface area contributed by atoms with E-state index >= 15 is 0 Å². The lowest BCUT2D eigenvalue weighted by atomic mass is 10.0. The Bertz CT molecular complexity index is 1550. The Morgan fingerprint density at radius 1 is 1.05 bits per heavy atom. The molecule has 3 aromatic rings. The van der Waals surface area contributed by atoms with E-state index in [9.17, 15) is 31.9 Å². The molecule has 3 N–H and O–H groups in total. The number of rotatable bonds is 8. The van der Waals surface area contributed by atoms with E-state index in [0.29, 0.717) is 22.7 Å². The van der Waals surface area contributed by atoms with E-state index in [0.717, 1.165) is 16.4 Å². The van der Waals surface area contributed by atoms with Crippen LogP contribution in [0.1, 0.15) is 19.4 Å². The summed E-state index contributed by atoms with van der Waals surface area (Å²) in [5.74, 6) is -1.31. The maximum atomic E-state index is 13.4. The van der Waals surface area contributed by atoms with Gasteiger partial charge in [-0.2, -0.15) is 4.31 Å². The third-order valence-electron chi connectivity index (χ3n) is 7.24. The van der Waals surface area contributed by atoms with Crippen LogP contribution in [0.2, 0.25) is 0 Å². The van der Waals surface area contributed by atoms with Crippen LogP contribution in [0.25, 0.3) is 0 Å². The van der Waals surface area contributed by atoms with Gasteiger partial charge in [0.1, 0.15) is 23.5 Å². The Morgan fingerprint density at radius 2 is 1.63 bits per heavy atom. The van der Waals surface area contributed by atoms with Gasteiger partial charge >= 0.3 is 6.03 Å². The molecule has 0 saturated carbocycles. The predicted molar refractivity (Wildman–Crippen MR) is 157 cm³/mol. The Morgan fingerprint density at radius 3 is 2.26 bits per heavy atom. The lowest BCUT2D eigenvalue weighted by molar-refractivity contribution is -0.134. The molecule has 0 radical (unpaired) electrons. The van der Waals surface area contributed by atoms with Crippen LogP contribution in [0.15, 0.2) is 71.6 Å². The third-order valence-corrected chi connectivity index (χ3v) is 9.07. The fourth-order valence-electron chi connectivity index (χ4n) is 4.69. The first-order chi connectivity index (χ1) is 20.4. The molecule has 0 bridgehead atoms. The number of carbonyl (C=O) groups is 2. The Hall–Kier alpha value is -4.07. The summed E-state index contributed by atoms with van der Waals surface area (Å²) >= 11 is 0. The van der Waals surface area contributed by atoms with Crippen molar-refractivity contribution in [1.29, 1.82) is 0 Å². The molecule has 1 aliphatic heterocycles. The van der Waals surface area contributed by atoms with Gasteiger partial charge in [-0.15, -0.1) is 0 Å². The molecule has 13 heteroatoms. The molecule has 0 aliphatic carbocycles. The molecular formula is C30H34F2N4O6S. The fourth-order valence-corrected chi connectivity index (χ4v) is 5.87. The molecule has 1 aliphatic rings. The van der Waals surface area contributed by atoms with Crippen LogP contribution in [0.4, 0.5) is 25.0 Å². The Balaban J connectivity index is 1.61. The normalized spacial score (nSPS) is 18.1. The molecule has 0 saturated heterocycles. The summed E-state index contributed by atoms with van der Waals surface area (Å²) in [7, 11) is -2.59. The van der Waals surface area contributed by atoms with Crippen LogP contribution >= 0.6 is 0 Å². The number of likely N-dealkylation sites (N-methyl/N-ethyl adjacent to an activating group) is 1. The van der Waals surface area contributed by atoms with Crippen molar-refractivity contribution in [3.63, 3.8) is 0 Å². The second kappa shape index (κ2) is 13.5. The number of nitrogens with one attached hydrogen (secondary N) is 2. The minimum absolute atomic E-state index is 0.0761. The largest absolute Gasteiger partial charge is 0.488 e. The van der Waals surface area contributed by atoms with E-state index < -0.39 is 39.8 Å². The molecule has 4 rings (SSSR count). The average molecular weight is 617 g/mol. The Kier molecular flexibility index (Phi) is 9.99. The molecule has 0 fully saturated rings. The quantitative estimate of drug-likeness (QED) is 0.350. The van der Waals surface area contributed by atoms with Crippen molar-refractivity contribution in [3.05, 3.63) is 83.9 Å². The van der Waals surface area contributed by atoms with Gasteiger partial charge in [-0.05, 0) is 73.7 Å². The van der Waals surface area contributed by atoms with Crippen LogP contribution in [0, 0.1) is 17.6 Å². The number of hydrogen-bond donors (Lipinski definition) is 3. The average Bonchev–Trinajstić information content (AvgIpc) is 3.01. The highest BCUT2D eigenvalue weighted by Crippen LogP contribution is 2.30. The van der Waals surface area contributed by atoms with Gasteiger partial charge in [0.25, 0.3) is 0 Å². The van der Waals surface area contributed by atoms with Gasteiger partial charge in [0.2, 0.25) is 15.9 Å². The minimum atomic E-state index is -3.99. The molecule has 0 aromatic heterocycles. The zero-order valence-corrected chi connectivity index (χ0v) is 24.8. The number of nitrogens with zero attached hydrogens (tertiary/aromatic N) is 2. The number of ether oxygens (including phenoxy) is 1. The number of halogens is 2. The number of carbonyl (C=O) groups excluding carboxylic acids is 2. The van der Waals surface area contributed by atoms with E-state index in [2.05, 4.69) is 10.6 Å². The van der Waals surface area contributed by atoms with Gasteiger partial charge in [0, 0.05) is 36.4 Å². The number of hydrogen-bond acceptors (Lipinski definition) is 6. The smallest absolute Gasteiger partial charge is 0.323 e. The summed E-state index contributed by atoms with van der Waals surface area (Å²) in [6.45, 7) is 3.36. The molecular weight excluding hydrogens is 582 g/mol. The van der Waals surface area contributed by atoms with Crippen LogP contribution in [0.5, 0.6) is 5.75 Å². The first-order valence-electron chi connectivity index (χ1n) is 13.6. The number of urea groups is 1. The molecule has 3 aromatic carbocycles. The van der Waals surface area contributed by atoms with Crippen molar-refractivity contribution in [2.24, 2.45) is 5.92 Å². The second-order valence-electron chi connectivity index (χ2n) is 10.5. The number of aliphatic hydroxyl groups is 1. The summed E-state index contributed by atoms with van der Waals surface area (Å²) in [6, 6.07) is 13.4. The van der Waals surface area contributed by atoms with E-state index in [-0.39, 0.29) is 42.8 Å². The van der Waals surface area contributed by atoms with Crippen molar-refractivity contribution in [3.8, 4) is 5.75 Å². The predicted octanol–water partition coefficient (Wildman–Crippen LogP) is 4.08. The second-order valence-corrected chi connectivity index (χ2v) is 12.6. The van der Waals surface area contributed by atoms with Gasteiger partial charge in [0.05, 0.1) is 30.5 Å². The molecule has 3 amide bonds. The van der Waals surface area contributed by atoms with Gasteiger partial charge in [-0.3, -0.25) is 4.79 Å². The van der Waals surface area contributed by atoms with Crippen LogP contribution in [-0.4, -0.2) is 73.6 Å². The van der Waals surface area contributed by atoms with E-state index in [4.69, 9.17) is 4.74 Å². The topological polar surface area (TPSA) is 128 Å². The fraction of sp³-hybridized carbons (Fsp3) is 0.333. The monoisotopic (exact) mass is 616 g/mol. The molecule has 1 heterocycles. The standard InChI is InChI=1S/C30H34F2N4O6S/c1-19-16-36(20(2)18-37)29(38)15-21-14-25(34-30(39)33-24-8-4-22(31)5-9-24)10-13-27(21)42-28(19)17-35(3)43(40,41)26-11-6-23(32)7-12-26/h4-14,19-20,28,37H,15-18H2,1-3H3,(H2,33,34,39)/t19-,20-,28+/m1/s1. The number of aliphatic hydroxyl groups excluding tert-OH is 1. The summed E-state index contributed by atoms with van der Waals surface area (Å²) < 4.78 is 60.6. The van der Waals surface area contributed by atoms with E-state index in [1.54, 1.807) is 25.1 Å². The van der Waals surface area contributed by atoms with Crippen LogP contribution in [0.3, 0.4) is 0 Å². The van der Waals surface area contributed by atoms with E-state index in [1.807, 2.05) is 6.92 Å².